The molecule has 0 saturated heterocycles. The van der Waals surface area contributed by atoms with Crippen molar-refractivity contribution in [2.24, 2.45) is 5.92 Å². The Morgan fingerprint density at radius 3 is 2.12 bits per heavy atom. The molecule has 0 bridgehead atoms. The fourth-order valence-corrected chi connectivity index (χ4v) is 0.696. The van der Waals surface area contributed by atoms with E-state index in [2.05, 4.69) is 17.5 Å². The van der Waals surface area contributed by atoms with Crippen molar-refractivity contribution in [3.05, 3.63) is 0 Å². The van der Waals surface area contributed by atoms with E-state index in [1.807, 2.05) is 13.8 Å². The molecule has 1 atom stereocenters. The van der Waals surface area contributed by atoms with Gasteiger partial charge in [-0.15, -0.1) is 0 Å². The number of carbonyl (C=O) groups excluding carboxylic acids is 1. The van der Waals surface area contributed by atoms with Gasteiger partial charge in [0.25, 0.3) is 0 Å². The standard InChI is InChI=1S/C5H11NOS/c1-4(2)5(3-7)6-8/h3-6,8H,1-2H3. The minimum Gasteiger partial charge on any atom is -0.302 e. The Bertz CT molecular complexity index is 74.8. The lowest BCUT2D eigenvalue weighted by atomic mass is 10.1. The summed E-state index contributed by atoms with van der Waals surface area (Å²) in [5.41, 5.74) is 0. The van der Waals surface area contributed by atoms with Crippen LogP contribution in [0.1, 0.15) is 13.8 Å². The van der Waals surface area contributed by atoms with Crippen LogP contribution >= 0.6 is 12.8 Å². The fourth-order valence-electron chi connectivity index (χ4n) is 0.337. The van der Waals surface area contributed by atoms with E-state index in [1.165, 1.54) is 0 Å². The summed E-state index contributed by atoms with van der Waals surface area (Å²) < 4.78 is 2.58. The second kappa shape index (κ2) is 3.92. The lowest BCUT2D eigenvalue weighted by Gasteiger charge is -2.10. The largest absolute Gasteiger partial charge is 0.302 e. The van der Waals surface area contributed by atoms with Crippen LogP contribution < -0.4 is 4.72 Å². The summed E-state index contributed by atoms with van der Waals surface area (Å²) in [6, 6.07) is -0.113. The van der Waals surface area contributed by atoms with Gasteiger partial charge in [-0.1, -0.05) is 26.7 Å². The number of aldehydes is 1. The Balaban J connectivity index is 3.51. The molecule has 1 unspecified atom stereocenters. The maximum Gasteiger partial charge on any atom is 0.138 e. The zero-order valence-electron chi connectivity index (χ0n) is 5.09. The first-order valence-electron chi connectivity index (χ1n) is 2.57. The Kier molecular flexibility index (Phi) is 3.91. The molecule has 0 saturated carbocycles. The molecule has 0 radical (unpaired) electrons. The highest BCUT2D eigenvalue weighted by molar-refractivity contribution is 7.78. The topological polar surface area (TPSA) is 29.1 Å². The van der Waals surface area contributed by atoms with E-state index < -0.39 is 0 Å². The second-order valence-corrected chi connectivity index (χ2v) is 2.29. The summed E-state index contributed by atoms with van der Waals surface area (Å²) in [4.78, 5) is 10.1. The minimum absolute atomic E-state index is 0.113. The summed E-state index contributed by atoms with van der Waals surface area (Å²) in [6.45, 7) is 3.92. The van der Waals surface area contributed by atoms with Crippen molar-refractivity contribution in [1.82, 2.24) is 4.72 Å². The number of rotatable bonds is 3. The van der Waals surface area contributed by atoms with Crippen LogP contribution in [0.2, 0.25) is 0 Å². The number of thiol groups is 1. The SMILES string of the molecule is CC(C)C(C=O)NS. The van der Waals surface area contributed by atoms with Crippen molar-refractivity contribution >= 4 is 19.1 Å². The molecule has 0 fully saturated rings. The van der Waals surface area contributed by atoms with Crippen LogP contribution in [0.25, 0.3) is 0 Å². The van der Waals surface area contributed by atoms with Gasteiger partial charge >= 0.3 is 0 Å². The molecule has 0 spiro atoms. The normalized spacial score (nSPS) is 14.0. The molecule has 2 nitrogen and oxygen atoms in total. The van der Waals surface area contributed by atoms with Gasteiger partial charge < -0.3 is 4.79 Å². The van der Waals surface area contributed by atoms with E-state index in [0.29, 0.717) is 5.92 Å². The molecule has 0 aromatic carbocycles. The van der Waals surface area contributed by atoms with E-state index in [1.54, 1.807) is 0 Å². The Hall–Kier alpha value is -0.0200. The van der Waals surface area contributed by atoms with Gasteiger partial charge in [-0.3, -0.25) is 4.72 Å². The molecule has 1 N–H and O–H groups in total. The predicted molar refractivity (Wildman–Crippen MR) is 36.8 cm³/mol. The van der Waals surface area contributed by atoms with Crippen molar-refractivity contribution in [3.8, 4) is 0 Å². The van der Waals surface area contributed by atoms with Gasteiger partial charge in [-0.05, 0) is 5.92 Å². The van der Waals surface area contributed by atoms with Crippen LogP contribution in [-0.4, -0.2) is 12.3 Å². The van der Waals surface area contributed by atoms with Crippen LogP contribution in [0.4, 0.5) is 0 Å². The average Bonchev–Trinajstić information content (AvgIpc) is 1.69. The maximum atomic E-state index is 10.1. The molecule has 8 heavy (non-hydrogen) atoms. The van der Waals surface area contributed by atoms with E-state index in [-0.39, 0.29) is 6.04 Å². The Labute approximate surface area is 55.2 Å². The highest BCUT2D eigenvalue weighted by Crippen LogP contribution is 1.97. The van der Waals surface area contributed by atoms with Crippen molar-refractivity contribution in [2.75, 3.05) is 0 Å². The lowest BCUT2D eigenvalue weighted by Crippen LogP contribution is -2.28. The van der Waals surface area contributed by atoms with Crippen molar-refractivity contribution in [3.63, 3.8) is 0 Å². The highest BCUT2D eigenvalue weighted by Gasteiger charge is 2.07. The van der Waals surface area contributed by atoms with E-state index in [0.717, 1.165) is 6.29 Å². The predicted octanol–water partition coefficient (Wildman–Crippen LogP) is 0.644. The quantitative estimate of drug-likeness (QED) is 0.437. The molecular formula is C5H11NOS. The number of nitrogens with one attached hydrogen (secondary N) is 1. The minimum atomic E-state index is -0.113. The highest BCUT2D eigenvalue weighted by atomic mass is 32.1. The van der Waals surface area contributed by atoms with Gasteiger partial charge in [0.2, 0.25) is 0 Å². The first-order valence-corrected chi connectivity index (χ1v) is 3.02. The van der Waals surface area contributed by atoms with Crippen molar-refractivity contribution < 1.29 is 4.79 Å². The number of hydrogen-bond donors (Lipinski definition) is 2. The van der Waals surface area contributed by atoms with Gasteiger partial charge in [0, 0.05) is 0 Å². The summed E-state index contributed by atoms with van der Waals surface area (Å²) in [6.07, 6.45) is 0.859. The van der Waals surface area contributed by atoms with Crippen LogP contribution in [0.15, 0.2) is 0 Å². The number of hydrogen-bond acceptors (Lipinski definition) is 3. The van der Waals surface area contributed by atoms with Gasteiger partial charge in [-0.25, -0.2) is 0 Å². The lowest BCUT2D eigenvalue weighted by molar-refractivity contribution is -0.109. The molecule has 0 heterocycles. The summed E-state index contributed by atoms with van der Waals surface area (Å²) in [5.74, 6) is 0.324. The first-order chi connectivity index (χ1) is 3.72. The van der Waals surface area contributed by atoms with Gasteiger partial charge in [0.05, 0.1) is 6.04 Å². The third-order valence-electron chi connectivity index (χ3n) is 1.01. The smallest absolute Gasteiger partial charge is 0.138 e. The molecule has 0 aromatic rings. The van der Waals surface area contributed by atoms with Crippen molar-refractivity contribution in [2.45, 2.75) is 19.9 Å². The van der Waals surface area contributed by atoms with E-state index in [4.69, 9.17) is 0 Å². The molecule has 3 heteroatoms. The molecule has 0 aliphatic carbocycles. The molecular weight excluding hydrogens is 122 g/mol. The van der Waals surface area contributed by atoms with Gasteiger partial charge in [-0.2, -0.15) is 0 Å². The van der Waals surface area contributed by atoms with Crippen LogP contribution in [0.5, 0.6) is 0 Å². The van der Waals surface area contributed by atoms with Gasteiger partial charge in [0.1, 0.15) is 6.29 Å². The van der Waals surface area contributed by atoms with Crippen LogP contribution in [0.3, 0.4) is 0 Å². The first kappa shape index (κ1) is 7.98. The second-order valence-electron chi connectivity index (χ2n) is 2.03. The molecule has 48 valence electrons. The Morgan fingerprint density at radius 2 is 2.12 bits per heavy atom. The summed E-state index contributed by atoms with van der Waals surface area (Å²) in [7, 11) is 0. The summed E-state index contributed by atoms with van der Waals surface area (Å²) >= 11 is 3.75. The van der Waals surface area contributed by atoms with Gasteiger partial charge in [0.15, 0.2) is 0 Å². The molecule has 0 aliphatic heterocycles. The zero-order valence-corrected chi connectivity index (χ0v) is 5.98. The molecule has 0 aliphatic rings. The van der Waals surface area contributed by atoms with Crippen molar-refractivity contribution in [1.29, 1.82) is 0 Å². The molecule has 0 amide bonds. The fraction of sp³-hybridized carbons (Fsp3) is 0.800. The third-order valence-corrected chi connectivity index (χ3v) is 1.31. The number of carbonyl (C=O) groups is 1. The van der Waals surface area contributed by atoms with Crippen LogP contribution in [-0.2, 0) is 4.79 Å². The average molecular weight is 133 g/mol. The monoisotopic (exact) mass is 133 g/mol. The molecule has 0 rings (SSSR count). The zero-order chi connectivity index (χ0) is 6.57. The molecule has 0 aromatic heterocycles. The summed E-state index contributed by atoms with van der Waals surface area (Å²) in [5, 5.41) is 0. The third kappa shape index (κ3) is 2.33. The van der Waals surface area contributed by atoms with Crippen LogP contribution in [0, 0.1) is 5.92 Å². The van der Waals surface area contributed by atoms with E-state index in [9.17, 15) is 4.79 Å². The maximum absolute atomic E-state index is 10.1. The Morgan fingerprint density at radius 1 is 1.62 bits per heavy atom. The van der Waals surface area contributed by atoms with E-state index >= 15 is 0 Å².